The molecular formula is C14H22N4O3. The normalized spacial score (nSPS) is 11.2. The van der Waals surface area contributed by atoms with Gasteiger partial charge in [0.15, 0.2) is 5.96 Å². The van der Waals surface area contributed by atoms with E-state index in [1.165, 1.54) is 12.1 Å². The number of nitro benzene ring substituents is 1. The van der Waals surface area contributed by atoms with E-state index in [0.29, 0.717) is 19.1 Å². The van der Waals surface area contributed by atoms with Gasteiger partial charge >= 0.3 is 0 Å². The summed E-state index contributed by atoms with van der Waals surface area (Å²) in [5.74, 6) is 0.695. The lowest BCUT2D eigenvalue weighted by atomic mass is 10.2. The fraction of sp³-hybridized carbons (Fsp3) is 0.500. The molecule has 0 atom stereocenters. The summed E-state index contributed by atoms with van der Waals surface area (Å²) in [6.07, 6.45) is 0.887. The molecule has 0 bridgehead atoms. The smallest absolute Gasteiger partial charge is 0.269 e. The van der Waals surface area contributed by atoms with Crippen molar-refractivity contribution in [1.82, 2.24) is 10.6 Å². The van der Waals surface area contributed by atoms with Gasteiger partial charge in [-0.25, -0.2) is 4.99 Å². The zero-order valence-electron chi connectivity index (χ0n) is 12.5. The molecule has 0 aliphatic carbocycles. The monoisotopic (exact) mass is 294 g/mol. The fourth-order valence-electron chi connectivity index (χ4n) is 1.70. The lowest BCUT2D eigenvalue weighted by Crippen LogP contribution is -2.38. The standard InChI is InChI=1S/C14H22N4O3/c1-3-15-14(16-8-5-9-21-2)17-11-12-6-4-7-13(10-12)18(19)20/h4,6-7,10H,3,5,8-9,11H2,1-2H3,(H2,15,16,17). The van der Waals surface area contributed by atoms with Crippen molar-refractivity contribution in [2.75, 3.05) is 26.8 Å². The third-order valence-corrected chi connectivity index (χ3v) is 2.70. The van der Waals surface area contributed by atoms with Gasteiger partial charge in [0.25, 0.3) is 5.69 Å². The SMILES string of the molecule is CCNC(=NCc1cccc([N+](=O)[O-])c1)NCCCOC. The molecule has 0 heterocycles. The molecule has 0 saturated heterocycles. The van der Waals surface area contributed by atoms with Crippen molar-refractivity contribution in [2.24, 2.45) is 4.99 Å². The lowest BCUT2D eigenvalue weighted by molar-refractivity contribution is -0.384. The summed E-state index contributed by atoms with van der Waals surface area (Å²) in [6.45, 7) is 4.58. The Morgan fingerprint density at radius 3 is 2.90 bits per heavy atom. The maximum absolute atomic E-state index is 10.7. The van der Waals surface area contributed by atoms with Crippen molar-refractivity contribution in [3.63, 3.8) is 0 Å². The Morgan fingerprint density at radius 2 is 2.24 bits per heavy atom. The van der Waals surface area contributed by atoms with Crippen LogP contribution in [0.4, 0.5) is 5.69 Å². The molecule has 2 N–H and O–H groups in total. The van der Waals surface area contributed by atoms with Gasteiger partial charge in [-0.15, -0.1) is 0 Å². The second-order valence-corrected chi connectivity index (χ2v) is 4.40. The Hall–Kier alpha value is -2.15. The molecule has 0 unspecified atom stereocenters. The van der Waals surface area contributed by atoms with Gasteiger partial charge in [-0.3, -0.25) is 10.1 Å². The van der Waals surface area contributed by atoms with E-state index in [1.807, 2.05) is 13.0 Å². The maximum Gasteiger partial charge on any atom is 0.269 e. The molecule has 21 heavy (non-hydrogen) atoms. The third kappa shape index (κ3) is 6.71. The van der Waals surface area contributed by atoms with Gasteiger partial charge in [0.1, 0.15) is 0 Å². The molecule has 116 valence electrons. The molecule has 1 aromatic rings. The Bertz CT molecular complexity index is 477. The molecule has 7 heteroatoms. The number of nitro groups is 1. The number of benzene rings is 1. The lowest BCUT2D eigenvalue weighted by Gasteiger charge is -2.11. The van der Waals surface area contributed by atoms with Crippen LogP contribution in [-0.2, 0) is 11.3 Å². The second-order valence-electron chi connectivity index (χ2n) is 4.40. The summed E-state index contributed by atoms with van der Waals surface area (Å²) in [7, 11) is 1.67. The molecule has 1 aromatic carbocycles. The highest BCUT2D eigenvalue weighted by Gasteiger charge is 2.05. The topological polar surface area (TPSA) is 88.8 Å². The first-order chi connectivity index (χ1) is 10.2. The summed E-state index contributed by atoms with van der Waals surface area (Å²) >= 11 is 0. The molecule has 0 spiro atoms. The van der Waals surface area contributed by atoms with Crippen molar-refractivity contribution < 1.29 is 9.66 Å². The minimum atomic E-state index is -0.401. The second kappa shape index (κ2) is 9.71. The van der Waals surface area contributed by atoms with Gasteiger partial charge < -0.3 is 15.4 Å². The largest absolute Gasteiger partial charge is 0.385 e. The van der Waals surface area contributed by atoms with Crippen LogP contribution >= 0.6 is 0 Å². The number of nitrogens with one attached hydrogen (secondary N) is 2. The average Bonchev–Trinajstić information content (AvgIpc) is 2.49. The molecule has 0 saturated carbocycles. The first-order valence-corrected chi connectivity index (χ1v) is 6.91. The van der Waals surface area contributed by atoms with Gasteiger partial charge in [-0.05, 0) is 18.9 Å². The molecule has 0 aromatic heterocycles. The minimum Gasteiger partial charge on any atom is -0.385 e. The zero-order valence-corrected chi connectivity index (χ0v) is 12.5. The minimum absolute atomic E-state index is 0.0840. The van der Waals surface area contributed by atoms with Crippen LogP contribution < -0.4 is 10.6 Å². The number of non-ortho nitro benzene ring substituents is 1. The summed E-state index contributed by atoms with van der Waals surface area (Å²) < 4.78 is 4.98. The van der Waals surface area contributed by atoms with Crippen molar-refractivity contribution >= 4 is 11.6 Å². The Morgan fingerprint density at radius 1 is 1.43 bits per heavy atom. The molecule has 0 fully saturated rings. The number of guanidine groups is 1. The van der Waals surface area contributed by atoms with E-state index < -0.39 is 4.92 Å². The van der Waals surface area contributed by atoms with E-state index in [4.69, 9.17) is 4.74 Å². The van der Waals surface area contributed by atoms with E-state index >= 15 is 0 Å². The van der Waals surface area contributed by atoms with Crippen LogP contribution in [0.25, 0.3) is 0 Å². The van der Waals surface area contributed by atoms with Crippen LogP contribution in [0.5, 0.6) is 0 Å². The highest BCUT2D eigenvalue weighted by atomic mass is 16.6. The van der Waals surface area contributed by atoms with E-state index in [1.54, 1.807) is 13.2 Å². The predicted molar refractivity (Wildman–Crippen MR) is 82.4 cm³/mol. The molecule has 0 aliphatic heterocycles. The third-order valence-electron chi connectivity index (χ3n) is 2.70. The molecule has 0 radical (unpaired) electrons. The Balaban J connectivity index is 2.60. The summed E-state index contributed by atoms with van der Waals surface area (Å²) in [5, 5.41) is 17.0. The average molecular weight is 294 g/mol. The van der Waals surface area contributed by atoms with Crippen molar-refractivity contribution in [3.8, 4) is 0 Å². The van der Waals surface area contributed by atoms with Crippen LogP contribution in [0.1, 0.15) is 18.9 Å². The molecule has 0 amide bonds. The van der Waals surface area contributed by atoms with E-state index in [2.05, 4.69) is 15.6 Å². The number of aliphatic imine (C=N–C) groups is 1. The highest BCUT2D eigenvalue weighted by Crippen LogP contribution is 2.13. The van der Waals surface area contributed by atoms with Crippen molar-refractivity contribution in [3.05, 3.63) is 39.9 Å². The van der Waals surface area contributed by atoms with Crippen molar-refractivity contribution in [1.29, 1.82) is 0 Å². The van der Waals surface area contributed by atoms with Crippen LogP contribution in [0.3, 0.4) is 0 Å². The number of hydrogen-bond donors (Lipinski definition) is 2. The fourth-order valence-corrected chi connectivity index (χ4v) is 1.70. The highest BCUT2D eigenvalue weighted by molar-refractivity contribution is 5.79. The molecule has 1 rings (SSSR count). The summed E-state index contributed by atoms with van der Waals surface area (Å²) in [6, 6.07) is 6.51. The molecule has 0 aliphatic rings. The first-order valence-electron chi connectivity index (χ1n) is 6.91. The number of nitrogens with zero attached hydrogens (tertiary/aromatic N) is 2. The zero-order chi connectivity index (χ0) is 15.5. The van der Waals surface area contributed by atoms with Gasteiger partial charge in [-0.1, -0.05) is 12.1 Å². The molecule has 7 nitrogen and oxygen atoms in total. The predicted octanol–water partition coefficient (Wildman–Crippen LogP) is 1.69. The first kappa shape index (κ1) is 16.9. The Labute approximate surface area is 124 Å². The number of hydrogen-bond acceptors (Lipinski definition) is 4. The molecular weight excluding hydrogens is 272 g/mol. The van der Waals surface area contributed by atoms with Gasteiger partial charge in [-0.2, -0.15) is 0 Å². The van der Waals surface area contributed by atoms with Crippen LogP contribution in [0.2, 0.25) is 0 Å². The maximum atomic E-state index is 10.7. The Kier molecular flexibility index (Phi) is 7.81. The van der Waals surface area contributed by atoms with E-state index in [0.717, 1.165) is 25.1 Å². The summed E-state index contributed by atoms with van der Waals surface area (Å²) in [4.78, 5) is 14.7. The van der Waals surface area contributed by atoms with Gasteiger partial charge in [0.05, 0.1) is 11.5 Å². The van der Waals surface area contributed by atoms with Crippen LogP contribution in [0.15, 0.2) is 29.3 Å². The number of methoxy groups -OCH3 is 1. The van der Waals surface area contributed by atoms with E-state index in [9.17, 15) is 10.1 Å². The summed E-state index contributed by atoms with van der Waals surface area (Å²) in [5.41, 5.74) is 0.888. The number of rotatable bonds is 8. The van der Waals surface area contributed by atoms with Crippen molar-refractivity contribution in [2.45, 2.75) is 19.9 Å². The number of ether oxygens (including phenoxy) is 1. The van der Waals surface area contributed by atoms with Gasteiger partial charge in [0, 0.05) is 38.9 Å². The van der Waals surface area contributed by atoms with E-state index in [-0.39, 0.29) is 5.69 Å². The van der Waals surface area contributed by atoms with Gasteiger partial charge in [0.2, 0.25) is 0 Å². The quantitative estimate of drug-likeness (QED) is 0.250. The van der Waals surface area contributed by atoms with Crippen LogP contribution in [0, 0.1) is 10.1 Å². The van der Waals surface area contributed by atoms with Crippen LogP contribution in [-0.4, -0.2) is 37.7 Å².